The molecule has 0 bridgehead atoms. The third-order valence-electron chi connectivity index (χ3n) is 2.94. The summed E-state index contributed by atoms with van der Waals surface area (Å²) in [6, 6.07) is 9.84. The maximum atomic E-state index is 8.86. The van der Waals surface area contributed by atoms with Crippen LogP contribution in [0.5, 0.6) is 0 Å². The molecule has 0 unspecified atom stereocenters. The summed E-state index contributed by atoms with van der Waals surface area (Å²) in [4.78, 5) is 0. The third-order valence-corrected chi connectivity index (χ3v) is 3.60. The first-order chi connectivity index (χ1) is 8.28. The molecular formula is C13H10BrN3. The lowest BCUT2D eigenvalue weighted by molar-refractivity contribution is 0.837. The van der Waals surface area contributed by atoms with Crippen molar-refractivity contribution in [2.75, 3.05) is 0 Å². The van der Waals surface area contributed by atoms with Crippen LogP contribution < -0.4 is 0 Å². The van der Waals surface area contributed by atoms with Crippen molar-refractivity contribution in [3.63, 3.8) is 0 Å². The highest BCUT2D eigenvalue weighted by molar-refractivity contribution is 9.10. The van der Waals surface area contributed by atoms with Crippen LogP contribution in [0.1, 0.15) is 30.0 Å². The molecule has 0 atom stereocenters. The van der Waals surface area contributed by atoms with Crippen LogP contribution in [0.25, 0.3) is 5.69 Å². The molecule has 0 radical (unpaired) electrons. The average molecular weight is 288 g/mol. The van der Waals surface area contributed by atoms with Gasteiger partial charge in [0, 0.05) is 16.6 Å². The monoisotopic (exact) mass is 287 g/mol. The fourth-order valence-electron chi connectivity index (χ4n) is 1.82. The molecule has 1 aliphatic carbocycles. The summed E-state index contributed by atoms with van der Waals surface area (Å²) >= 11 is 3.39. The zero-order chi connectivity index (χ0) is 11.8. The molecule has 1 aromatic carbocycles. The second-order valence-electron chi connectivity index (χ2n) is 4.24. The van der Waals surface area contributed by atoms with E-state index in [4.69, 9.17) is 5.26 Å². The van der Waals surface area contributed by atoms with Gasteiger partial charge in [0.2, 0.25) is 0 Å². The molecule has 84 valence electrons. The minimum absolute atomic E-state index is 0.642. The Morgan fingerprint density at radius 3 is 2.82 bits per heavy atom. The molecule has 1 heterocycles. The van der Waals surface area contributed by atoms with Crippen LogP contribution in [0.2, 0.25) is 0 Å². The number of nitriles is 1. The lowest BCUT2D eigenvalue weighted by Gasteiger charge is -2.03. The van der Waals surface area contributed by atoms with Gasteiger partial charge in [-0.3, -0.25) is 0 Å². The number of rotatable bonds is 2. The van der Waals surface area contributed by atoms with E-state index in [1.54, 1.807) is 6.07 Å². The topological polar surface area (TPSA) is 41.6 Å². The van der Waals surface area contributed by atoms with Crippen LogP contribution in [0, 0.1) is 11.3 Å². The SMILES string of the molecule is N#Cc1ccc(-n2ccc(C3CC3)n2)cc1Br. The van der Waals surface area contributed by atoms with Crippen molar-refractivity contribution < 1.29 is 0 Å². The van der Waals surface area contributed by atoms with Crippen molar-refractivity contribution in [2.45, 2.75) is 18.8 Å². The molecule has 2 aromatic rings. The second-order valence-corrected chi connectivity index (χ2v) is 5.09. The van der Waals surface area contributed by atoms with Crippen molar-refractivity contribution in [3.05, 3.63) is 46.2 Å². The van der Waals surface area contributed by atoms with Crippen LogP contribution in [-0.2, 0) is 0 Å². The summed E-state index contributed by atoms with van der Waals surface area (Å²) in [6.07, 6.45) is 4.49. The predicted octanol–water partition coefficient (Wildman–Crippen LogP) is 3.38. The maximum Gasteiger partial charge on any atom is 0.100 e. The molecule has 0 N–H and O–H groups in total. The minimum Gasteiger partial charge on any atom is -0.241 e. The Morgan fingerprint density at radius 2 is 2.18 bits per heavy atom. The Balaban J connectivity index is 1.97. The highest BCUT2D eigenvalue weighted by Gasteiger charge is 2.25. The standard InChI is InChI=1S/C13H10BrN3/c14-12-7-11(4-3-10(12)8-15)17-6-5-13(16-17)9-1-2-9/h3-7,9H,1-2H2. The smallest absolute Gasteiger partial charge is 0.100 e. The molecular weight excluding hydrogens is 278 g/mol. The van der Waals surface area contributed by atoms with Gasteiger partial charge in [-0.25, -0.2) is 4.68 Å². The summed E-state index contributed by atoms with van der Waals surface area (Å²) in [7, 11) is 0. The Kier molecular flexibility index (Phi) is 2.49. The van der Waals surface area contributed by atoms with Crippen molar-refractivity contribution in [1.82, 2.24) is 9.78 Å². The van der Waals surface area contributed by atoms with Gasteiger partial charge in [-0.1, -0.05) is 0 Å². The van der Waals surface area contributed by atoms with Crippen LogP contribution in [-0.4, -0.2) is 9.78 Å². The van der Waals surface area contributed by atoms with E-state index in [0.29, 0.717) is 11.5 Å². The van der Waals surface area contributed by atoms with Gasteiger partial charge in [0.25, 0.3) is 0 Å². The summed E-state index contributed by atoms with van der Waals surface area (Å²) in [5, 5.41) is 13.4. The van der Waals surface area contributed by atoms with Crippen LogP contribution >= 0.6 is 15.9 Å². The van der Waals surface area contributed by atoms with Gasteiger partial charge in [-0.15, -0.1) is 0 Å². The number of benzene rings is 1. The van der Waals surface area contributed by atoms with Gasteiger partial charge >= 0.3 is 0 Å². The largest absolute Gasteiger partial charge is 0.241 e. The normalized spacial score (nSPS) is 14.6. The maximum absolute atomic E-state index is 8.86. The molecule has 0 aliphatic heterocycles. The summed E-state index contributed by atoms with van der Waals surface area (Å²) in [6.45, 7) is 0. The second kappa shape index (κ2) is 4.01. The Morgan fingerprint density at radius 1 is 1.35 bits per heavy atom. The summed E-state index contributed by atoms with van der Waals surface area (Å²) in [5.41, 5.74) is 2.79. The van der Waals surface area contributed by atoms with Crippen LogP contribution in [0.15, 0.2) is 34.9 Å². The van der Waals surface area contributed by atoms with Crippen molar-refractivity contribution in [1.29, 1.82) is 5.26 Å². The lowest BCUT2D eigenvalue weighted by Crippen LogP contribution is -1.96. The van der Waals surface area contributed by atoms with Crippen molar-refractivity contribution >= 4 is 15.9 Å². The first-order valence-electron chi connectivity index (χ1n) is 5.53. The summed E-state index contributed by atoms with van der Waals surface area (Å²) < 4.78 is 2.67. The fraction of sp³-hybridized carbons (Fsp3) is 0.231. The molecule has 4 heteroatoms. The van der Waals surface area contributed by atoms with E-state index in [2.05, 4.69) is 33.2 Å². The molecule has 3 nitrogen and oxygen atoms in total. The predicted molar refractivity (Wildman–Crippen MR) is 68.0 cm³/mol. The summed E-state index contributed by atoms with van der Waals surface area (Å²) in [5.74, 6) is 0.665. The molecule has 0 saturated heterocycles. The number of hydrogen-bond donors (Lipinski definition) is 0. The van der Waals surface area contributed by atoms with E-state index in [1.807, 2.05) is 23.0 Å². The number of nitrogens with zero attached hydrogens (tertiary/aromatic N) is 3. The molecule has 3 rings (SSSR count). The van der Waals surface area contributed by atoms with Crippen molar-refractivity contribution in [3.8, 4) is 11.8 Å². The number of hydrogen-bond acceptors (Lipinski definition) is 2. The number of aromatic nitrogens is 2. The van der Waals surface area contributed by atoms with Gasteiger partial charge in [-0.05, 0) is 53.0 Å². The van der Waals surface area contributed by atoms with Crippen LogP contribution in [0.3, 0.4) is 0 Å². The van der Waals surface area contributed by atoms with Gasteiger partial charge in [0.05, 0.1) is 16.9 Å². The number of halogens is 1. The molecule has 17 heavy (non-hydrogen) atoms. The van der Waals surface area contributed by atoms with E-state index >= 15 is 0 Å². The highest BCUT2D eigenvalue weighted by atomic mass is 79.9. The van der Waals surface area contributed by atoms with Gasteiger partial charge < -0.3 is 0 Å². The van der Waals surface area contributed by atoms with E-state index in [-0.39, 0.29) is 0 Å². The van der Waals surface area contributed by atoms with Crippen molar-refractivity contribution in [2.24, 2.45) is 0 Å². The van der Waals surface area contributed by atoms with Crippen LogP contribution in [0.4, 0.5) is 0 Å². The van der Waals surface area contributed by atoms with E-state index < -0.39 is 0 Å². The molecule has 1 aromatic heterocycles. The van der Waals surface area contributed by atoms with Gasteiger partial charge in [-0.2, -0.15) is 10.4 Å². The Labute approximate surface area is 108 Å². The quantitative estimate of drug-likeness (QED) is 0.850. The first-order valence-corrected chi connectivity index (χ1v) is 6.33. The molecule has 0 spiro atoms. The van der Waals surface area contributed by atoms with E-state index in [1.165, 1.54) is 18.5 Å². The molecule has 1 saturated carbocycles. The minimum atomic E-state index is 0.642. The van der Waals surface area contributed by atoms with E-state index in [0.717, 1.165) is 10.2 Å². The molecule has 1 aliphatic rings. The van der Waals surface area contributed by atoms with Gasteiger partial charge in [0.15, 0.2) is 0 Å². The zero-order valence-electron chi connectivity index (χ0n) is 9.10. The average Bonchev–Trinajstić information content (AvgIpc) is 3.07. The first kappa shape index (κ1) is 10.5. The molecule has 0 amide bonds. The van der Waals surface area contributed by atoms with Gasteiger partial charge in [0.1, 0.15) is 6.07 Å². The lowest BCUT2D eigenvalue weighted by atomic mass is 10.2. The third kappa shape index (κ3) is 1.98. The Bertz CT molecular complexity index is 605. The van der Waals surface area contributed by atoms with E-state index in [9.17, 15) is 0 Å². The molecule has 1 fully saturated rings. The zero-order valence-corrected chi connectivity index (χ0v) is 10.7. The highest BCUT2D eigenvalue weighted by Crippen LogP contribution is 2.39. The Hall–Kier alpha value is -1.60. The fourth-order valence-corrected chi connectivity index (χ4v) is 2.27.